The van der Waals surface area contributed by atoms with Crippen LogP contribution in [-0.4, -0.2) is 41.7 Å². The molecule has 0 saturated heterocycles. The number of para-hydroxylation sites is 2. The molecule has 7 heteroatoms. The number of nitrogens with zero attached hydrogens (tertiary/aromatic N) is 3. The maximum absolute atomic E-state index is 4.92. The summed E-state index contributed by atoms with van der Waals surface area (Å²) in [6.07, 6.45) is 0. The minimum atomic E-state index is 0.391. The predicted molar refractivity (Wildman–Crippen MR) is 107 cm³/mol. The predicted octanol–water partition coefficient (Wildman–Crippen LogP) is 3.81. The second kappa shape index (κ2) is 7.55. The van der Waals surface area contributed by atoms with Crippen molar-refractivity contribution in [3.63, 3.8) is 0 Å². The number of aliphatic imine (C=N–C) groups is 1. The Morgan fingerprint density at radius 3 is 2.83 bits per heavy atom. The number of hydrogen-bond acceptors (Lipinski definition) is 7. The van der Waals surface area contributed by atoms with E-state index < -0.39 is 0 Å². The van der Waals surface area contributed by atoms with Crippen LogP contribution in [0.4, 0.5) is 16.4 Å². The van der Waals surface area contributed by atoms with Gasteiger partial charge in [0.2, 0.25) is 0 Å². The Morgan fingerprint density at radius 1 is 1.33 bits per heavy atom. The summed E-state index contributed by atoms with van der Waals surface area (Å²) in [7, 11) is 1.95. The van der Waals surface area contributed by atoms with Crippen LogP contribution in [0.1, 0.15) is 30.5 Å². The van der Waals surface area contributed by atoms with E-state index in [1.54, 1.807) is 11.3 Å². The van der Waals surface area contributed by atoms with E-state index in [0.29, 0.717) is 11.8 Å². The lowest BCUT2D eigenvalue weighted by atomic mass is 10.2. The maximum Gasteiger partial charge on any atom is 0.159 e. The summed E-state index contributed by atoms with van der Waals surface area (Å²) < 4.78 is 0. The Labute approximate surface area is 152 Å². The van der Waals surface area contributed by atoms with Gasteiger partial charge in [-0.05, 0) is 19.2 Å². The highest BCUT2D eigenvalue weighted by molar-refractivity contribution is 7.80. The summed E-state index contributed by atoms with van der Waals surface area (Å²) in [4.78, 5) is 12.0. The van der Waals surface area contributed by atoms with Crippen molar-refractivity contribution in [1.82, 2.24) is 15.2 Å². The fourth-order valence-electron chi connectivity index (χ4n) is 2.50. The summed E-state index contributed by atoms with van der Waals surface area (Å²) in [5.41, 5.74) is 2.87. The zero-order chi connectivity index (χ0) is 17.1. The van der Waals surface area contributed by atoms with E-state index in [-0.39, 0.29) is 0 Å². The van der Waals surface area contributed by atoms with Crippen molar-refractivity contribution in [2.45, 2.75) is 19.8 Å². The lowest BCUT2D eigenvalue weighted by Gasteiger charge is -2.23. The van der Waals surface area contributed by atoms with Gasteiger partial charge >= 0.3 is 0 Å². The number of thiazole rings is 1. The molecule has 2 aromatic rings. The first-order valence-corrected chi connectivity index (χ1v) is 9.55. The molecule has 0 aliphatic carbocycles. The van der Waals surface area contributed by atoms with Crippen LogP contribution in [0.5, 0.6) is 0 Å². The quantitative estimate of drug-likeness (QED) is 0.560. The van der Waals surface area contributed by atoms with Crippen molar-refractivity contribution in [3.8, 4) is 0 Å². The lowest BCUT2D eigenvalue weighted by molar-refractivity contribution is 0.481. The standard InChI is InChI=1S/C17H23N5S2/c1-11(2)16-21-14-15(22(10-23)9-8-18-3)19-12-6-4-5-7-13(12)20-17(14)24-16/h4-7,11,18,20,23H,8-10H2,1-3H3. The van der Waals surface area contributed by atoms with Gasteiger partial charge in [0.15, 0.2) is 5.84 Å². The SMILES string of the molecule is CNCCN(CS)C1=Nc2ccccc2Nc2sc(C(C)C)nc21. The molecule has 0 amide bonds. The van der Waals surface area contributed by atoms with Crippen LogP contribution < -0.4 is 10.6 Å². The van der Waals surface area contributed by atoms with E-state index in [0.717, 1.165) is 46.0 Å². The van der Waals surface area contributed by atoms with Crippen LogP contribution >= 0.6 is 24.0 Å². The smallest absolute Gasteiger partial charge is 0.159 e. The molecule has 1 aliphatic rings. The molecule has 24 heavy (non-hydrogen) atoms. The summed E-state index contributed by atoms with van der Waals surface area (Å²) in [6, 6.07) is 8.11. The van der Waals surface area contributed by atoms with Gasteiger partial charge in [0.05, 0.1) is 22.3 Å². The highest BCUT2D eigenvalue weighted by Gasteiger charge is 2.25. The third kappa shape index (κ3) is 3.43. The highest BCUT2D eigenvalue weighted by atomic mass is 32.1. The monoisotopic (exact) mass is 361 g/mol. The molecule has 0 atom stereocenters. The second-order valence-electron chi connectivity index (χ2n) is 5.97. The molecule has 1 aliphatic heterocycles. The molecule has 2 N–H and O–H groups in total. The Hall–Kier alpha value is -1.57. The Kier molecular flexibility index (Phi) is 5.43. The van der Waals surface area contributed by atoms with E-state index >= 15 is 0 Å². The van der Waals surface area contributed by atoms with E-state index in [2.05, 4.69) is 48.1 Å². The van der Waals surface area contributed by atoms with Gasteiger partial charge in [-0.2, -0.15) is 12.6 Å². The van der Waals surface area contributed by atoms with Gasteiger partial charge in [-0.15, -0.1) is 11.3 Å². The van der Waals surface area contributed by atoms with Crippen molar-refractivity contribution < 1.29 is 0 Å². The molecule has 128 valence electrons. The van der Waals surface area contributed by atoms with Crippen LogP contribution in [0.15, 0.2) is 29.3 Å². The zero-order valence-corrected chi connectivity index (χ0v) is 15.9. The fourth-order valence-corrected chi connectivity index (χ4v) is 3.75. The van der Waals surface area contributed by atoms with Crippen LogP contribution in [-0.2, 0) is 0 Å². The molecule has 1 aromatic heterocycles. The first-order chi connectivity index (χ1) is 11.6. The number of likely N-dealkylation sites (N-methyl/N-ethyl adjacent to an activating group) is 1. The number of anilines is 2. The number of amidine groups is 1. The normalized spacial score (nSPS) is 13.0. The number of benzene rings is 1. The number of nitrogens with one attached hydrogen (secondary N) is 2. The Morgan fingerprint density at radius 2 is 2.12 bits per heavy atom. The Bertz CT molecular complexity index is 738. The lowest BCUT2D eigenvalue weighted by Crippen LogP contribution is -2.36. The number of hydrogen-bond donors (Lipinski definition) is 3. The van der Waals surface area contributed by atoms with Crippen LogP contribution in [0.3, 0.4) is 0 Å². The number of aromatic nitrogens is 1. The fraction of sp³-hybridized carbons (Fsp3) is 0.412. The summed E-state index contributed by atoms with van der Waals surface area (Å²) in [5, 5.41) is 8.88. The summed E-state index contributed by atoms with van der Waals surface area (Å²) >= 11 is 6.22. The number of fused-ring (bicyclic) bond motifs is 2. The third-order valence-corrected chi connectivity index (χ3v) is 5.44. The van der Waals surface area contributed by atoms with Gasteiger partial charge in [0.25, 0.3) is 0 Å². The molecule has 0 saturated carbocycles. The molecule has 0 bridgehead atoms. The van der Waals surface area contributed by atoms with E-state index in [1.165, 1.54) is 0 Å². The van der Waals surface area contributed by atoms with Gasteiger partial charge in [-0.1, -0.05) is 26.0 Å². The first kappa shape index (κ1) is 17.3. The molecular weight excluding hydrogens is 338 g/mol. The van der Waals surface area contributed by atoms with Gasteiger partial charge in [-0.25, -0.2) is 9.98 Å². The van der Waals surface area contributed by atoms with Crippen LogP contribution in [0.25, 0.3) is 0 Å². The van der Waals surface area contributed by atoms with Gasteiger partial charge in [0.1, 0.15) is 10.7 Å². The van der Waals surface area contributed by atoms with E-state index in [4.69, 9.17) is 9.98 Å². The maximum atomic E-state index is 4.92. The number of thiol groups is 1. The van der Waals surface area contributed by atoms with E-state index in [1.807, 2.05) is 25.2 Å². The highest BCUT2D eigenvalue weighted by Crippen LogP contribution is 2.39. The molecule has 3 rings (SSSR count). The molecule has 0 radical (unpaired) electrons. The molecule has 2 heterocycles. The second-order valence-corrected chi connectivity index (χ2v) is 7.28. The molecular formula is C17H23N5S2. The van der Waals surface area contributed by atoms with E-state index in [9.17, 15) is 0 Å². The summed E-state index contributed by atoms with van der Waals surface area (Å²) in [6.45, 7) is 6.03. The zero-order valence-electron chi connectivity index (χ0n) is 14.2. The molecule has 5 nitrogen and oxygen atoms in total. The largest absolute Gasteiger partial charge is 0.344 e. The number of rotatable bonds is 5. The first-order valence-electron chi connectivity index (χ1n) is 8.10. The average Bonchev–Trinajstić information content (AvgIpc) is 2.93. The molecule has 0 unspecified atom stereocenters. The average molecular weight is 362 g/mol. The Balaban J connectivity index is 2.11. The summed E-state index contributed by atoms with van der Waals surface area (Å²) in [5.74, 6) is 1.87. The topological polar surface area (TPSA) is 52.5 Å². The van der Waals surface area contributed by atoms with Crippen LogP contribution in [0, 0.1) is 0 Å². The minimum Gasteiger partial charge on any atom is -0.344 e. The van der Waals surface area contributed by atoms with Gasteiger partial charge in [-0.3, -0.25) is 0 Å². The van der Waals surface area contributed by atoms with Crippen molar-refractivity contribution in [1.29, 1.82) is 0 Å². The molecule has 1 aromatic carbocycles. The molecule has 0 spiro atoms. The van der Waals surface area contributed by atoms with Crippen molar-refractivity contribution in [2.24, 2.45) is 4.99 Å². The van der Waals surface area contributed by atoms with Crippen LogP contribution in [0.2, 0.25) is 0 Å². The third-order valence-electron chi connectivity index (χ3n) is 3.83. The van der Waals surface area contributed by atoms with Gasteiger partial charge in [0, 0.05) is 19.0 Å². The molecule has 0 fully saturated rings. The minimum absolute atomic E-state index is 0.391. The van der Waals surface area contributed by atoms with Crippen molar-refractivity contribution in [3.05, 3.63) is 35.0 Å². The van der Waals surface area contributed by atoms with Crippen molar-refractivity contribution >= 4 is 46.2 Å². The van der Waals surface area contributed by atoms with Crippen molar-refractivity contribution in [2.75, 3.05) is 31.3 Å². The van der Waals surface area contributed by atoms with Gasteiger partial charge < -0.3 is 15.5 Å².